The Morgan fingerprint density at radius 1 is 1.32 bits per heavy atom. The van der Waals surface area contributed by atoms with E-state index in [2.05, 4.69) is 5.32 Å². The molecule has 0 saturated carbocycles. The fourth-order valence-electron chi connectivity index (χ4n) is 2.16. The van der Waals surface area contributed by atoms with Gasteiger partial charge in [0.15, 0.2) is 17.1 Å². The van der Waals surface area contributed by atoms with Crippen LogP contribution in [0.3, 0.4) is 0 Å². The van der Waals surface area contributed by atoms with Crippen LogP contribution in [0.1, 0.15) is 29.8 Å². The largest absolute Gasteiger partial charge is 0.454 e. The van der Waals surface area contributed by atoms with E-state index in [1.54, 1.807) is 18.2 Å². The zero-order valence-electron chi connectivity index (χ0n) is 14.1. The number of ether oxygens (including phenoxy) is 2. The molecule has 134 valence electrons. The maximum absolute atomic E-state index is 13.9. The van der Waals surface area contributed by atoms with Crippen molar-refractivity contribution in [2.24, 2.45) is 0 Å². The van der Waals surface area contributed by atoms with E-state index in [0.717, 1.165) is 16.4 Å². The van der Waals surface area contributed by atoms with Gasteiger partial charge < -0.3 is 14.8 Å². The minimum Gasteiger partial charge on any atom is -0.454 e. The Morgan fingerprint density at radius 3 is 2.76 bits per heavy atom. The molecule has 0 atom stereocenters. The number of carbonyl (C=O) groups is 1. The molecular formula is C17H19ClFN2O4+. The Labute approximate surface area is 150 Å². The molecule has 2 heterocycles. The second kappa shape index (κ2) is 8.53. The minimum absolute atomic E-state index is 0.143. The minimum atomic E-state index is -0.730. The Hall–Kier alpha value is -2.54. The lowest BCUT2D eigenvalue weighted by atomic mass is 10.2. The molecule has 0 fully saturated rings. The van der Waals surface area contributed by atoms with E-state index in [-0.39, 0.29) is 24.1 Å². The number of carbonyl (C=O) groups excluding carboxylic acids is 1. The lowest BCUT2D eigenvalue weighted by molar-refractivity contribution is -0.883. The van der Waals surface area contributed by atoms with Crippen LogP contribution in [0.15, 0.2) is 30.5 Å². The average Bonchev–Trinajstić information content (AvgIpc) is 3.09. The summed E-state index contributed by atoms with van der Waals surface area (Å²) in [7, 11) is 1.36. The second-order valence-electron chi connectivity index (χ2n) is 4.71. The van der Waals surface area contributed by atoms with E-state index >= 15 is 0 Å². The lowest BCUT2D eigenvalue weighted by Gasteiger charge is -2.07. The molecule has 8 heteroatoms. The highest BCUT2D eigenvalue weighted by Gasteiger charge is 2.26. The van der Waals surface area contributed by atoms with Crippen molar-refractivity contribution in [2.75, 3.05) is 13.9 Å². The van der Waals surface area contributed by atoms with Crippen molar-refractivity contribution < 1.29 is 28.2 Å². The van der Waals surface area contributed by atoms with Crippen molar-refractivity contribution in [3.63, 3.8) is 0 Å². The van der Waals surface area contributed by atoms with Crippen LogP contribution in [-0.4, -0.2) is 19.8 Å². The van der Waals surface area contributed by atoms with Crippen LogP contribution < -0.4 is 24.4 Å². The highest BCUT2D eigenvalue weighted by Crippen LogP contribution is 2.32. The normalized spacial score (nSPS) is 11.4. The SMILES string of the molecule is CC.CO[n+]1ccc(F)c(C(=O)NCc2ccc3c(c2)OCO3)c1Cl. The number of nitrogens with one attached hydrogen (secondary N) is 1. The molecule has 0 saturated heterocycles. The number of hydrogen-bond donors (Lipinski definition) is 1. The van der Waals surface area contributed by atoms with Crippen LogP contribution in [0, 0.1) is 5.82 Å². The molecule has 6 nitrogen and oxygen atoms in total. The Kier molecular flexibility index (Phi) is 6.41. The topological polar surface area (TPSA) is 60.7 Å². The fourth-order valence-corrected chi connectivity index (χ4v) is 2.46. The van der Waals surface area contributed by atoms with Gasteiger partial charge in [0.2, 0.25) is 13.0 Å². The summed E-state index contributed by atoms with van der Waals surface area (Å²) < 4.78 is 25.4. The predicted molar refractivity (Wildman–Crippen MR) is 89.2 cm³/mol. The number of benzene rings is 1. The van der Waals surface area contributed by atoms with Crippen molar-refractivity contribution in [3.8, 4) is 11.5 Å². The van der Waals surface area contributed by atoms with Crippen molar-refractivity contribution in [1.29, 1.82) is 0 Å². The third-order valence-corrected chi connectivity index (χ3v) is 3.66. The molecule has 1 aliphatic heterocycles. The van der Waals surface area contributed by atoms with Crippen LogP contribution >= 0.6 is 11.6 Å². The van der Waals surface area contributed by atoms with Crippen LogP contribution in [-0.2, 0) is 6.54 Å². The van der Waals surface area contributed by atoms with E-state index in [1.807, 2.05) is 13.8 Å². The van der Waals surface area contributed by atoms with Crippen molar-refractivity contribution >= 4 is 17.5 Å². The van der Waals surface area contributed by atoms with Gasteiger partial charge in [-0.2, -0.15) is 0 Å². The van der Waals surface area contributed by atoms with E-state index in [4.69, 9.17) is 25.9 Å². The number of hydrogen-bond acceptors (Lipinski definition) is 4. The highest BCUT2D eigenvalue weighted by molar-refractivity contribution is 6.31. The van der Waals surface area contributed by atoms with E-state index < -0.39 is 11.7 Å². The van der Waals surface area contributed by atoms with E-state index in [9.17, 15) is 9.18 Å². The summed E-state index contributed by atoms with van der Waals surface area (Å²) in [6.45, 7) is 4.36. The van der Waals surface area contributed by atoms with Crippen LogP contribution in [0.4, 0.5) is 4.39 Å². The molecule has 0 aliphatic carbocycles. The molecule has 1 aromatic heterocycles. The molecule has 1 N–H and O–H groups in total. The zero-order valence-corrected chi connectivity index (χ0v) is 14.9. The van der Waals surface area contributed by atoms with Gasteiger partial charge >= 0.3 is 5.15 Å². The summed E-state index contributed by atoms with van der Waals surface area (Å²) >= 11 is 5.97. The smallest absolute Gasteiger partial charge is 0.341 e. The van der Waals surface area contributed by atoms with Gasteiger partial charge in [-0.1, -0.05) is 19.9 Å². The third-order valence-electron chi connectivity index (χ3n) is 3.31. The zero-order chi connectivity index (χ0) is 18.4. The maximum atomic E-state index is 13.9. The number of rotatable bonds is 4. The van der Waals surface area contributed by atoms with E-state index in [0.29, 0.717) is 11.5 Å². The standard InChI is InChI=1S/C15H12ClFN2O4.C2H6/c1-21-19-5-4-10(17)13(14(19)16)15(20)18-7-9-2-3-11-12(6-9)23-8-22-11;1-2/h2-6H,7-8H2,1H3;1-2H3/p+1. The number of fused-ring (bicyclic) bond motifs is 1. The van der Waals surface area contributed by atoms with Gasteiger partial charge in [0.1, 0.15) is 12.9 Å². The van der Waals surface area contributed by atoms with Gasteiger partial charge in [-0.3, -0.25) is 9.63 Å². The number of aromatic nitrogens is 1. The lowest BCUT2D eigenvalue weighted by Crippen LogP contribution is -2.43. The van der Waals surface area contributed by atoms with Crippen molar-refractivity contribution in [3.05, 3.63) is 52.6 Å². The first-order chi connectivity index (χ1) is 12.1. The van der Waals surface area contributed by atoms with Gasteiger partial charge in [-0.25, -0.2) is 4.39 Å². The highest BCUT2D eigenvalue weighted by atomic mass is 35.5. The first-order valence-electron chi connectivity index (χ1n) is 7.71. The summed E-state index contributed by atoms with van der Waals surface area (Å²) in [5, 5.41) is 2.47. The first-order valence-corrected chi connectivity index (χ1v) is 8.09. The van der Waals surface area contributed by atoms with Gasteiger partial charge in [-0.15, -0.1) is 0 Å². The molecule has 0 spiro atoms. The van der Waals surface area contributed by atoms with Gasteiger partial charge in [-0.05, 0) is 29.3 Å². The molecule has 25 heavy (non-hydrogen) atoms. The summed E-state index contributed by atoms with van der Waals surface area (Å²) in [4.78, 5) is 17.1. The van der Waals surface area contributed by atoms with Gasteiger partial charge in [0.25, 0.3) is 5.91 Å². The number of pyridine rings is 1. The molecule has 3 rings (SSSR count). The number of halogens is 2. The van der Waals surface area contributed by atoms with Crippen LogP contribution in [0.2, 0.25) is 5.15 Å². The average molecular weight is 370 g/mol. The second-order valence-corrected chi connectivity index (χ2v) is 5.07. The summed E-state index contributed by atoms with van der Waals surface area (Å²) in [5.41, 5.74) is 0.506. The predicted octanol–water partition coefficient (Wildman–Crippen LogP) is 2.51. The van der Waals surface area contributed by atoms with Crippen molar-refractivity contribution in [1.82, 2.24) is 5.32 Å². The Morgan fingerprint density at radius 2 is 2.04 bits per heavy atom. The quantitative estimate of drug-likeness (QED) is 0.664. The summed E-state index contributed by atoms with van der Waals surface area (Å²) in [5.74, 6) is -0.112. The fraction of sp³-hybridized carbons (Fsp3) is 0.294. The molecule has 0 unspecified atom stereocenters. The number of nitrogens with zero attached hydrogens (tertiary/aromatic N) is 1. The summed E-state index contributed by atoms with van der Waals surface area (Å²) in [6.07, 6.45) is 1.28. The maximum Gasteiger partial charge on any atom is 0.341 e. The van der Waals surface area contributed by atoms with E-state index in [1.165, 1.54) is 13.3 Å². The first kappa shape index (κ1) is 18.8. The monoisotopic (exact) mass is 369 g/mol. The summed E-state index contributed by atoms with van der Waals surface area (Å²) in [6, 6.07) is 6.39. The molecule has 1 aromatic carbocycles. The molecule has 1 aliphatic rings. The number of amides is 1. The van der Waals surface area contributed by atoms with Crippen LogP contribution in [0.5, 0.6) is 11.5 Å². The Balaban J connectivity index is 0.00000109. The molecule has 2 aromatic rings. The molecule has 0 radical (unpaired) electrons. The molecule has 0 bridgehead atoms. The Bertz CT molecular complexity index is 771. The van der Waals surface area contributed by atoms with Gasteiger partial charge in [0, 0.05) is 17.3 Å². The van der Waals surface area contributed by atoms with Gasteiger partial charge in [0.05, 0.1) is 0 Å². The molecule has 1 amide bonds. The third kappa shape index (κ3) is 4.11. The van der Waals surface area contributed by atoms with Crippen molar-refractivity contribution in [2.45, 2.75) is 20.4 Å². The molecular weight excluding hydrogens is 351 g/mol. The van der Waals surface area contributed by atoms with Crippen LogP contribution in [0.25, 0.3) is 0 Å².